The van der Waals surface area contributed by atoms with E-state index in [1.165, 1.54) is 42.4 Å². The summed E-state index contributed by atoms with van der Waals surface area (Å²) in [6.07, 6.45) is 6.60. The first-order valence-electron chi connectivity index (χ1n) is 8.69. The van der Waals surface area contributed by atoms with Gasteiger partial charge in [-0.05, 0) is 63.0 Å². The van der Waals surface area contributed by atoms with Crippen LogP contribution in [0.15, 0.2) is 18.2 Å². The van der Waals surface area contributed by atoms with Crippen LogP contribution in [0.1, 0.15) is 48.8 Å². The molecule has 3 nitrogen and oxygen atoms in total. The molecule has 2 aliphatic heterocycles. The van der Waals surface area contributed by atoms with Crippen LogP contribution < -0.4 is 10.6 Å². The predicted octanol–water partition coefficient (Wildman–Crippen LogP) is 2.88. The van der Waals surface area contributed by atoms with Crippen molar-refractivity contribution in [2.24, 2.45) is 5.92 Å². The fraction of sp³-hybridized carbons (Fsp3) is 0.632. The minimum Gasteiger partial charge on any atom is -0.356 e. The van der Waals surface area contributed by atoms with Gasteiger partial charge in [-0.1, -0.05) is 23.8 Å². The van der Waals surface area contributed by atoms with Gasteiger partial charge in [0.2, 0.25) is 5.91 Å². The highest BCUT2D eigenvalue weighted by molar-refractivity contribution is 5.76. The molecule has 2 N–H and O–H groups in total. The van der Waals surface area contributed by atoms with Crippen LogP contribution in [-0.2, 0) is 11.2 Å². The lowest BCUT2D eigenvalue weighted by Crippen LogP contribution is -2.39. The van der Waals surface area contributed by atoms with E-state index in [4.69, 9.17) is 0 Å². The molecule has 0 aliphatic carbocycles. The molecule has 1 amide bonds. The van der Waals surface area contributed by atoms with Crippen LogP contribution in [0.4, 0.5) is 0 Å². The van der Waals surface area contributed by atoms with E-state index in [9.17, 15) is 4.79 Å². The third-order valence-corrected chi connectivity index (χ3v) is 5.26. The molecule has 1 aromatic rings. The Hall–Kier alpha value is -1.35. The molecule has 120 valence electrons. The van der Waals surface area contributed by atoms with Crippen LogP contribution >= 0.6 is 0 Å². The van der Waals surface area contributed by atoms with E-state index in [1.54, 1.807) is 0 Å². The fourth-order valence-electron chi connectivity index (χ4n) is 4.14. The van der Waals surface area contributed by atoms with E-state index in [1.807, 2.05) is 0 Å². The van der Waals surface area contributed by atoms with Gasteiger partial charge in [0, 0.05) is 25.0 Å². The molecule has 0 saturated carbocycles. The summed E-state index contributed by atoms with van der Waals surface area (Å²) in [5.74, 6) is 0.816. The van der Waals surface area contributed by atoms with Crippen molar-refractivity contribution >= 4 is 5.91 Å². The number of nitrogens with one attached hydrogen (secondary N) is 2. The zero-order valence-electron chi connectivity index (χ0n) is 13.8. The Morgan fingerprint density at radius 2 is 1.95 bits per heavy atom. The number of carbonyl (C=O) groups excluding carboxylic acids is 1. The van der Waals surface area contributed by atoms with Gasteiger partial charge in [0.25, 0.3) is 0 Å². The van der Waals surface area contributed by atoms with Gasteiger partial charge in [-0.25, -0.2) is 0 Å². The summed E-state index contributed by atoms with van der Waals surface area (Å²) in [4.78, 5) is 12.1. The van der Waals surface area contributed by atoms with Crippen molar-refractivity contribution in [3.05, 3.63) is 34.9 Å². The number of fused-ring (bicyclic) bond motifs is 2. The Bertz CT molecular complexity index is 528. The Labute approximate surface area is 133 Å². The molecule has 2 aliphatic rings. The Morgan fingerprint density at radius 3 is 2.64 bits per heavy atom. The molecule has 2 bridgehead atoms. The maximum absolute atomic E-state index is 12.1. The molecular formula is C19H28N2O. The minimum absolute atomic E-state index is 0.232. The van der Waals surface area contributed by atoms with Crippen molar-refractivity contribution in [3.63, 3.8) is 0 Å². The van der Waals surface area contributed by atoms with Crippen molar-refractivity contribution in [2.75, 3.05) is 6.54 Å². The van der Waals surface area contributed by atoms with Crippen molar-refractivity contribution in [2.45, 2.75) is 64.5 Å². The number of amides is 1. The normalized spacial score (nSPS) is 26.9. The summed E-state index contributed by atoms with van der Waals surface area (Å²) in [7, 11) is 0. The van der Waals surface area contributed by atoms with Crippen molar-refractivity contribution in [3.8, 4) is 0 Å². The Balaban J connectivity index is 1.41. The first kappa shape index (κ1) is 15.5. The van der Waals surface area contributed by atoms with E-state index >= 15 is 0 Å². The Morgan fingerprint density at radius 1 is 1.23 bits per heavy atom. The van der Waals surface area contributed by atoms with E-state index in [0.29, 0.717) is 24.4 Å². The van der Waals surface area contributed by atoms with Crippen LogP contribution in [0, 0.1) is 19.8 Å². The molecule has 2 heterocycles. The molecule has 3 heteroatoms. The van der Waals surface area contributed by atoms with Crippen LogP contribution in [0.25, 0.3) is 0 Å². The molecule has 0 aromatic heterocycles. The van der Waals surface area contributed by atoms with E-state index < -0.39 is 0 Å². The van der Waals surface area contributed by atoms with Gasteiger partial charge in [0.05, 0.1) is 0 Å². The fourth-order valence-corrected chi connectivity index (χ4v) is 4.14. The molecule has 2 saturated heterocycles. The van der Waals surface area contributed by atoms with E-state index in [2.05, 4.69) is 42.7 Å². The molecule has 2 fully saturated rings. The first-order valence-corrected chi connectivity index (χ1v) is 8.69. The maximum Gasteiger partial charge on any atom is 0.220 e. The largest absolute Gasteiger partial charge is 0.356 e. The molecular weight excluding hydrogens is 272 g/mol. The molecule has 3 rings (SSSR count). The van der Waals surface area contributed by atoms with Gasteiger partial charge in [-0.3, -0.25) is 4.79 Å². The summed E-state index contributed by atoms with van der Waals surface area (Å²) < 4.78 is 0. The number of aryl methyl sites for hydroxylation is 2. The van der Waals surface area contributed by atoms with Gasteiger partial charge in [0.1, 0.15) is 0 Å². The number of carbonyl (C=O) groups is 1. The van der Waals surface area contributed by atoms with Gasteiger partial charge >= 0.3 is 0 Å². The quantitative estimate of drug-likeness (QED) is 0.878. The summed E-state index contributed by atoms with van der Waals surface area (Å²) in [6.45, 7) is 5.01. The second-order valence-electron chi connectivity index (χ2n) is 7.21. The minimum atomic E-state index is 0.232. The highest BCUT2D eigenvalue weighted by Gasteiger charge is 2.33. The lowest BCUT2D eigenvalue weighted by Gasteiger charge is -2.28. The molecule has 0 radical (unpaired) electrons. The Kier molecular flexibility index (Phi) is 4.82. The monoisotopic (exact) mass is 300 g/mol. The van der Waals surface area contributed by atoms with Crippen LogP contribution in [0.3, 0.4) is 0 Å². The predicted molar refractivity (Wildman–Crippen MR) is 89.9 cm³/mol. The smallest absolute Gasteiger partial charge is 0.220 e. The first-order chi connectivity index (χ1) is 10.6. The second kappa shape index (κ2) is 6.82. The zero-order chi connectivity index (χ0) is 15.5. The second-order valence-corrected chi connectivity index (χ2v) is 7.21. The van der Waals surface area contributed by atoms with Gasteiger partial charge < -0.3 is 10.6 Å². The van der Waals surface area contributed by atoms with Crippen LogP contribution in [0.5, 0.6) is 0 Å². The molecule has 1 unspecified atom stereocenters. The molecule has 3 atom stereocenters. The lowest BCUT2D eigenvalue weighted by atomic mass is 9.89. The third-order valence-electron chi connectivity index (χ3n) is 5.26. The standard InChI is InChI=1S/C19H28N2O/c1-13-3-4-16(14(2)9-13)7-8-20-19(22)12-15-10-17-5-6-18(11-15)21-17/h3-4,9,15,17-18,21H,5-8,10-12H2,1-2H3,(H,20,22)/t15?,17-,18+. The highest BCUT2D eigenvalue weighted by Crippen LogP contribution is 2.32. The average molecular weight is 300 g/mol. The van der Waals surface area contributed by atoms with Crippen molar-refractivity contribution < 1.29 is 4.79 Å². The number of hydrogen-bond acceptors (Lipinski definition) is 2. The number of hydrogen-bond donors (Lipinski definition) is 2. The van der Waals surface area contributed by atoms with Gasteiger partial charge in [0.15, 0.2) is 0 Å². The summed E-state index contributed by atoms with van der Waals surface area (Å²) >= 11 is 0. The van der Waals surface area contributed by atoms with Gasteiger partial charge in [-0.15, -0.1) is 0 Å². The van der Waals surface area contributed by atoms with Crippen LogP contribution in [0.2, 0.25) is 0 Å². The molecule has 0 spiro atoms. The van der Waals surface area contributed by atoms with E-state index in [-0.39, 0.29) is 5.91 Å². The number of benzene rings is 1. The SMILES string of the molecule is Cc1ccc(CCNC(=O)CC2C[C@H]3CC[C@@H](C2)N3)c(C)c1. The topological polar surface area (TPSA) is 41.1 Å². The zero-order valence-corrected chi connectivity index (χ0v) is 13.8. The summed E-state index contributed by atoms with van der Waals surface area (Å²) in [5, 5.41) is 6.75. The van der Waals surface area contributed by atoms with Crippen molar-refractivity contribution in [1.29, 1.82) is 0 Å². The van der Waals surface area contributed by atoms with Gasteiger partial charge in [-0.2, -0.15) is 0 Å². The van der Waals surface area contributed by atoms with Crippen molar-refractivity contribution in [1.82, 2.24) is 10.6 Å². The lowest BCUT2D eigenvalue weighted by molar-refractivity contribution is -0.122. The third kappa shape index (κ3) is 3.89. The van der Waals surface area contributed by atoms with Crippen LogP contribution in [-0.4, -0.2) is 24.5 Å². The van der Waals surface area contributed by atoms with E-state index in [0.717, 1.165) is 13.0 Å². The molecule has 1 aromatic carbocycles. The number of rotatable bonds is 5. The average Bonchev–Trinajstić information content (AvgIpc) is 2.80. The molecule has 22 heavy (non-hydrogen) atoms. The summed E-state index contributed by atoms with van der Waals surface area (Å²) in [5.41, 5.74) is 3.96. The number of piperidine rings is 1. The maximum atomic E-state index is 12.1. The highest BCUT2D eigenvalue weighted by atomic mass is 16.1. The summed E-state index contributed by atoms with van der Waals surface area (Å²) in [6, 6.07) is 7.89.